The van der Waals surface area contributed by atoms with E-state index in [1.54, 1.807) is 0 Å². The molecule has 0 saturated carbocycles. The molecule has 0 spiro atoms. The van der Waals surface area contributed by atoms with Gasteiger partial charge in [-0.3, -0.25) is 0 Å². The van der Waals surface area contributed by atoms with Crippen LogP contribution in [0.1, 0.15) is 0 Å². The number of hydrogen-bond donors (Lipinski definition) is 1. The van der Waals surface area contributed by atoms with Gasteiger partial charge in [-0.2, -0.15) is 0 Å². The smallest absolute Gasteiger partial charge is 0.338 e. The van der Waals surface area contributed by atoms with Crippen molar-refractivity contribution in [2.24, 2.45) is 5.73 Å². The first-order valence-corrected chi connectivity index (χ1v) is 1.63. The van der Waals surface area contributed by atoms with Gasteiger partial charge in [0.1, 0.15) is 11.9 Å². The Hall–Kier alpha value is 0.303. The molecule has 0 aliphatic carbocycles. The summed E-state index contributed by atoms with van der Waals surface area (Å²) in [7, 11) is 0. The zero-order chi connectivity index (χ0) is 4.99. The van der Waals surface area contributed by atoms with Crippen LogP contribution in [0.15, 0.2) is 0 Å². The van der Waals surface area contributed by atoms with E-state index in [1.807, 2.05) is 0 Å². The molecule has 0 fully saturated rings. The number of nitrogens with two attached hydrogens (primary N) is 1. The molecule has 4 nitrogen and oxygen atoms in total. The van der Waals surface area contributed by atoms with Crippen LogP contribution in [0.4, 0.5) is 0 Å². The van der Waals surface area contributed by atoms with Crippen molar-refractivity contribution in [2.75, 3.05) is 6.54 Å². The standard InChI is InChI=1S/C2H4ClNO2.H2O.Zn/c3-6-2(5)1-4;;/h1,4H2;1H2;. The number of hydrogen-bond acceptors (Lipinski definition) is 3. The third-order valence-electron chi connectivity index (χ3n) is 0.253. The van der Waals surface area contributed by atoms with E-state index in [1.165, 1.54) is 0 Å². The minimum Gasteiger partial charge on any atom is -0.412 e. The molecule has 0 saturated heterocycles. The van der Waals surface area contributed by atoms with E-state index in [0.29, 0.717) is 0 Å². The molecular weight excluding hydrogens is 187 g/mol. The first-order valence-electron chi connectivity index (χ1n) is 1.32. The molecule has 0 amide bonds. The molecule has 6 heteroatoms. The quantitative estimate of drug-likeness (QED) is 0.531. The van der Waals surface area contributed by atoms with Crippen LogP contribution < -0.4 is 5.73 Å². The molecule has 8 heavy (non-hydrogen) atoms. The van der Waals surface area contributed by atoms with Crippen molar-refractivity contribution < 1.29 is 34.0 Å². The van der Waals surface area contributed by atoms with Crippen molar-refractivity contribution in [2.45, 2.75) is 0 Å². The van der Waals surface area contributed by atoms with Gasteiger partial charge in [0.05, 0.1) is 6.54 Å². The van der Waals surface area contributed by atoms with Crippen LogP contribution in [0.3, 0.4) is 0 Å². The van der Waals surface area contributed by atoms with Gasteiger partial charge in [0.15, 0.2) is 0 Å². The monoisotopic (exact) mass is 191 g/mol. The van der Waals surface area contributed by atoms with Crippen molar-refractivity contribution in [1.82, 2.24) is 0 Å². The predicted molar refractivity (Wildman–Crippen MR) is 24.6 cm³/mol. The number of carbonyl (C=O) groups is 1. The van der Waals surface area contributed by atoms with Crippen molar-refractivity contribution >= 4 is 17.8 Å². The summed E-state index contributed by atoms with van der Waals surface area (Å²) in [4.78, 5) is 9.70. The molecule has 0 aliphatic heterocycles. The van der Waals surface area contributed by atoms with E-state index >= 15 is 0 Å². The van der Waals surface area contributed by atoms with Gasteiger partial charge >= 0.3 is 5.97 Å². The molecule has 0 heterocycles. The van der Waals surface area contributed by atoms with Gasteiger partial charge in [0.25, 0.3) is 0 Å². The summed E-state index contributed by atoms with van der Waals surface area (Å²) in [6, 6.07) is 0. The zero-order valence-corrected chi connectivity index (χ0v) is 7.91. The van der Waals surface area contributed by atoms with Gasteiger partial charge in [-0.05, 0) is 0 Å². The Morgan fingerprint density at radius 3 is 2.12 bits per heavy atom. The van der Waals surface area contributed by atoms with Crippen molar-refractivity contribution in [1.29, 1.82) is 0 Å². The summed E-state index contributed by atoms with van der Waals surface area (Å²) in [5, 5.41) is 0. The molecule has 0 rings (SSSR count). The summed E-state index contributed by atoms with van der Waals surface area (Å²) in [6.07, 6.45) is 0. The van der Waals surface area contributed by atoms with Crippen molar-refractivity contribution in [3.05, 3.63) is 0 Å². The molecule has 0 unspecified atom stereocenters. The molecule has 4 N–H and O–H groups in total. The Balaban J connectivity index is -0.000000125. The zero-order valence-electron chi connectivity index (χ0n) is 4.19. The largest absolute Gasteiger partial charge is 0.412 e. The van der Waals surface area contributed by atoms with E-state index in [4.69, 9.17) is 5.73 Å². The Bertz CT molecular complexity index is 55.2. The Morgan fingerprint density at radius 2 is 2.12 bits per heavy atom. The van der Waals surface area contributed by atoms with E-state index in [2.05, 4.69) is 16.2 Å². The topological polar surface area (TPSA) is 83.8 Å². The molecule has 46 valence electrons. The third-order valence-corrected chi connectivity index (χ3v) is 0.425. The molecule has 0 bridgehead atoms. The van der Waals surface area contributed by atoms with Crippen LogP contribution in [0, 0.1) is 0 Å². The SMILES string of the molecule is NCC(=O)OCl.O.[Zn]. The fourth-order valence-corrected chi connectivity index (χ4v) is 0.0945. The normalized spacial score (nSPS) is 5.75. The van der Waals surface area contributed by atoms with Gasteiger partial charge in [-0.1, -0.05) is 0 Å². The first-order chi connectivity index (χ1) is 2.81. The van der Waals surface area contributed by atoms with Gasteiger partial charge in [-0.25, -0.2) is 4.79 Å². The van der Waals surface area contributed by atoms with Crippen molar-refractivity contribution in [3.8, 4) is 0 Å². The minimum absolute atomic E-state index is 0. The first kappa shape index (κ1) is 15.7. The summed E-state index contributed by atoms with van der Waals surface area (Å²) < 4.78 is 3.61. The van der Waals surface area contributed by atoms with Crippen LogP contribution in [0.2, 0.25) is 0 Å². The summed E-state index contributed by atoms with van der Waals surface area (Å²) in [5.74, 6) is -0.614. The second kappa shape index (κ2) is 10.3. The minimum atomic E-state index is -0.614. The average Bonchev–Trinajstić information content (AvgIpc) is 1.65. The number of rotatable bonds is 1. The Kier molecular flexibility index (Phi) is 20.3. The molecule has 0 aromatic carbocycles. The predicted octanol–water partition coefficient (Wildman–Crippen LogP) is -1.19. The summed E-state index contributed by atoms with van der Waals surface area (Å²) in [5.41, 5.74) is 4.72. The second-order valence-electron chi connectivity index (χ2n) is 0.653. The van der Waals surface area contributed by atoms with Crippen LogP contribution >= 0.6 is 11.9 Å². The number of halogens is 1. The Labute approximate surface area is 64.6 Å². The molecule has 0 aromatic heterocycles. The van der Waals surface area contributed by atoms with Crippen LogP contribution in [-0.2, 0) is 28.6 Å². The third kappa shape index (κ3) is 9.57. The second-order valence-corrected chi connectivity index (χ2v) is 0.808. The fraction of sp³-hybridized carbons (Fsp3) is 0.500. The van der Waals surface area contributed by atoms with Crippen LogP contribution in [0.25, 0.3) is 0 Å². The van der Waals surface area contributed by atoms with Gasteiger partial charge < -0.3 is 15.5 Å². The average molecular weight is 193 g/mol. The molecule has 0 aromatic rings. The fourth-order valence-electron chi connectivity index (χ4n) is 0.0315. The molecular formula is C2H6ClNO3Zn. The van der Waals surface area contributed by atoms with Gasteiger partial charge in [0, 0.05) is 19.5 Å². The van der Waals surface area contributed by atoms with Crippen molar-refractivity contribution in [3.63, 3.8) is 0 Å². The van der Waals surface area contributed by atoms with Gasteiger partial charge in [-0.15, -0.1) is 0 Å². The van der Waals surface area contributed by atoms with Gasteiger partial charge in [0.2, 0.25) is 0 Å². The molecule has 0 radical (unpaired) electrons. The Morgan fingerprint density at radius 1 is 1.75 bits per heavy atom. The maximum absolute atomic E-state index is 9.70. The molecule has 0 atom stereocenters. The van der Waals surface area contributed by atoms with E-state index in [9.17, 15) is 4.79 Å². The maximum atomic E-state index is 9.70. The van der Waals surface area contributed by atoms with E-state index < -0.39 is 5.97 Å². The number of carbonyl (C=O) groups excluding carboxylic acids is 1. The summed E-state index contributed by atoms with van der Waals surface area (Å²) in [6.45, 7) is -0.163. The van der Waals surface area contributed by atoms with Crippen LogP contribution in [-0.4, -0.2) is 18.0 Å². The molecule has 0 aliphatic rings. The summed E-state index contributed by atoms with van der Waals surface area (Å²) >= 11 is 4.52. The van der Waals surface area contributed by atoms with Crippen LogP contribution in [0.5, 0.6) is 0 Å². The van der Waals surface area contributed by atoms with E-state index in [-0.39, 0.29) is 31.5 Å². The maximum Gasteiger partial charge on any atom is 0.338 e. The van der Waals surface area contributed by atoms with E-state index in [0.717, 1.165) is 0 Å².